The lowest BCUT2D eigenvalue weighted by Crippen LogP contribution is -2.02. The van der Waals surface area contributed by atoms with E-state index in [-0.39, 0.29) is 10.6 Å². The normalized spacial score (nSPS) is 13.4. The molecule has 0 spiro atoms. The van der Waals surface area contributed by atoms with Gasteiger partial charge in [0.05, 0.1) is 15.6 Å². The second kappa shape index (κ2) is 9.31. The van der Waals surface area contributed by atoms with Crippen LogP contribution in [0, 0.1) is 23.0 Å². The third-order valence-electron chi connectivity index (χ3n) is 6.26. The van der Waals surface area contributed by atoms with Crippen molar-refractivity contribution in [1.29, 1.82) is 0 Å². The van der Waals surface area contributed by atoms with E-state index < -0.39 is 0 Å². The molecule has 0 unspecified atom stereocenters. The summed E-state index contributed by atoms with van der Waals surface area (Å²) in [6, 6.07) is 10.6. The molecule has 0 saturated heterocycles. The zero-order valence-electron chi connectivity index (χ0n) is 18.6. The summed E-state index contributed by atoms with van der Waals surface area (Å²) in [5.41, 5.74) is 8.37. The molecule has 0 bridgehead atoms. The van der Waals surface area contributed by atoms with E-state index in [0.29, 0.717) is 12.3 Å². The van der Waals surface area contributed by atoms with Crippen LogP contribution in [-0.2, 0) is 25.7 Å². The summed E-state index contributed by atoms with van der Waals surface area (Å²) >= 11 is 1.67. The second-order valence-corrected chi connectivity index (χ2v) is 10.0. The molecule has 0 N–H and O–H groups in total. The minimum Gasteiger partial charge on any atom is -0.258 e. The van der Waals surface area contributed by atoms with Crippen molar-refractivity contribution < 1.29 is 4.92 Å². The molecule has 1 aromatic heterocycles. The Bertz CT molecular complexity index is 1100. The van der Waals surface area contributed by atoms with E-state index >= 15 is 0 Å². The smallest absolute Gasteiger partial charge is 0.258 e. The lowest BCUT2D eigenvalue weighted by Gasteiger charge is -2.16. The zero-order chi connectivity index (χ0) is 22.0. The number of nitro benzene ring substituents is 1. The molecule has 0 fully saturated rings. The van der Waals surface area contributed by atoms with Crippen molar-refractivity contribution in [3.63, 3.8) is 0 Å². The Hall–Kier alpha value is -2.53. The number of aryl methyl sites for hydroxylation is 4. The minimum absolute atomic E-state index is 0.246. The topological polar surface area (TPSA) is 56.0 Å². The van der Waals surface area contributed by atoms with Crippen molar-refractivity contribution >= 4 is 17.0 Å². The van der Waals surface area contributed by atoms with Crippen LogP contribution in [0.25, 0.3) is 11.3 Å². The molecular formula is C26H30N2O2S. The minimum atomic E-state index is -0.246. The third kappa shape index (κ3) is 5.04. The van der Waals surface area contributed by atoms with Crippen molar-refractivity contribution in [2.75, 3.05) is 0 Å². The van der Waals surface area contributed by atoms with Crippen LogP contribution in [-0.4, -0.2) is 9.91 Å². The summed E-state index contributed by atoms with van der Waals surface area (Å²) in [6.07, 6.45) is 7.33. The highest BCUT2D eigenvalue weighted by Crippen LogP contribution is 2.31. The number of benzene rings is 2. The van der Waals surface area contributed by atoms with E-state index in [2.05, 4.69) is 37.4 Å². The van der Waals surface area contributed by atoms with Crippen molar-refractivity contribution in [2.45, 2.75) is 65.7 Å². The quantitative estimate of drug-likeness (QED) is 0.295. The maximum Gasteiger partial charge on any atom is 0.272 e. The summed E-state index contributed by atoms with van der Waals surface area (Å²) < 4.78 is 0. The van der Waals surface area contributed by atoms with Gasteiger partial charge in [-0.1, -0.05) is 26.0 Å². The molecule has 0 saturated carbocycles. The SMILES string of the molecule is Cc1cc([N+](=O)[O-])c(CCC(C)C)cc1Cc1nc(-c2ccc3c(c2)CCCC3)cs1. The van der Waals surface area contributed by atoms with E-state index in [4.69, 9.17) is 4.98 Å². The number of thiazole rings is 1. The average Bonchev–Trinajstić information content (AvgIpc) is 3.22. The van der Waals surface area contributed by atoms with Crippen molar-refractivity contribution in [3.8, 4) is 11.3 Å². The van der Waals surface area contributed by atoms with Gasteiger partial charge in [-0.2, -0.15) is 0 Å². The Morgan fingerprint density at radius 1 is 1.10 bits per heavy atom. The molecule has 4 nitrogen and oxygen atoms in total. The first-order chi connectivity index (χ1) is 14.9. The van der Waals surface area contributed by atoms with Crippen molar-refractivity contribution in [3.05, 3.63) is 78.7 Å². The van der Waals surface area contributed by atoms with Crippen LogP contribution in [0.15, 0.2) is 35.7 Å². The van der Waals surface area contributed by atoms with Crippen molar-refractivity contribution in [2.24, 2.45) is 5.92 Å². The highest BCUT2D eigenvalue weighted by Gasteiger charge is 2.18. The van der Waals surface area contributed by atoms with Gasteiger partial charge in [0.1, 0.15) is 0 Å². The molecule has 0 radical (unpaired) electrons. The summed E-state index contributed by atoms with van der Waals surface area (Å²) in [4.78, 5) is 16.2. The van der Waals surface area contributed by atoms with Crippen LogP contribution in [0.2, 0.25) is 0 Å². The predicted molar refractivity (Wildman–Crippen MR) is 128 cm³/mol. The fourth-order valence-corrected chi connectivity index (χ4v) is 5.20. The van der Waals surface area contributed by atoms with E-state index in [1.54, 1.807) is 17.4 Å². The summed E-state index contributed by atoms with van der Waals surface area (Å²) in [6.45, 7) is 6.27. The Balaban J connectivity index is 1.58. The molecular weight excluding hydrogens is 404 g/mol. The average molecular weight is 435 g/mol. The van der Waals surface area contributed by atoms with Gasteiger partial charge in [-0.15, -0.1) is 11.3 Å². The Labute approximate surface area is 188 Å². The van der Waals surface area contributed by atoms with Gasteiger partial charge in [-0.3, -0.25) is 10.1 Å². The van der Waals surface area contributed by atoms with Crippen LogP contribution in [0.4, 0.5) is 5.69 Å². The first-order valence-electron chi connectivity index (χ1n) is 11.2. The second-order valence-electron chi connectivity index (χ2n) is 9.09. The molecule has 0 amide bonds. The summed E-state index contributed by atoms with van der Waals surface area (Å²) in [5, 5.41) is 14.7. The molecule has 1 heterocycles. The zero-order valence-corrected chi connectivity index (χ0v) is 19.4. The standard InChI is InChI=1S/C26H30N2O2S/c1-17(2)8-9-22-14-23(18(3)12-25(22)28(29)30)15-26-27-24(16-31-26)21-11-10-19-6-4-5-7-20(19)13-21/h10-14,16-17H,4-9,15H2,1-3H3. The molecule has 162 valence electrons. The number of hydrogen-bond donors (Lipinski definition) is 0. The Morgan fingerprint density at radius 2 is 1.87 bits per heavy atom. The van der Waals surface area contributed by atoms with Gasteiger partial charge in [0, 0.05) is 29.0 Å². The van der Waals surface area contributed by atoms with Crippen LogP contribution >= 0.6 is 11.3 Å². The summed E-state index contributed by atoms with van der Waals surface area (Å²) in [7, 11) is 0. The van der Waals surface area contributed by atoms with E-state index in [9.17, 15) is 10.1 Å². The fourth-order valence-electron chi connectivity index (χ4n) is 4.37. The first-order valence-corrected chi connectivity index (χ1v) is 12.1. The fraction of sp³-hybridized carbons (Fsp3) is 0.423. The van der Waals surface area contributed by atoms with E-state index in [0.717, 1.165) is 40.2 Å². The Kier molecular flexibility index (Phi) is 6.51. The molecule has 31 heavy (non-hydrogen) atoms. The van der Waals surface area contributed by atoms with Crippen LogP contribution < -0.4 is 0 Å². The molecule has 2 aromatic carbocycles. The lowest BCUT2D eigenvalue weighted by atomic mass is 9.90. The lowest BCUT2D eigenvalue weighted by molar-refractivity contribution is -0.385. The van der Waals surface area contributed by atoms with E-state index in [1.807, 2.05) is 13.0 Å². The molecule has 3 aromatic rings. The number of aromatic nitrogens is 1. The maximum absolute atomic E-state index is 11.5. The molecule has 1 aliphatic carbocycles. The highest BCUT2D eigenvalue weighted by atomic mass is 32.1. The molecule has 4 rings (SSSR count). The number of hydrogen-bond acceptors (Lipinski definition) is 4. The van der Waals surface area contributed by atoms with Crippen LogP contribution in [0.5, 0.6) is 0 Å². The summed E-state index contributed by atoms with van der Waals surface area (Å²) in [5.74, 6) is 0.516. The number of nitrogens with zero attached hydrogens (tertiary/aromatic N) is 2. The monoisotopic (exact) mass is 434 g/mol. The van der Waals surface area contributed by atoms with Crippen LogP contribution in [0.1, 0.15) is 65.9 Å². The van der Waals surface area contributed by atoms with Gasteiger partial charge < -0.3 is 0 Å². The predicted octanol–water partition coefficient (Wildman–Crippen LogP) is 7.08. The maximum atomic E-state index is 11.5. The molecule has 0 atom stereocenters. The Morgan fingerprint density at radius 3 is 2.61 bits per heavy atom. The van der Waals surface area contributed by atoms with Crippen molar-refractivity contribution in [1.82, 2.24) is 4.98 Å². The van der Waals surface area contributed by atoms with Gasteiger partial charge in [0.25, 0.3) is 5.69 Å². The van der Waals surface area contributed by atoms with Gasteiger partial charge in [-0.05, 0) is 85.8 Å². The van der Waals surface area contributed by atoms with Gasteiger partial charge in [0.15, 0.2) is 0 Å². The van der Waals surface area contributed by atoms with Gasteiger partial charge in [0.2, 0.25) is 0 Å². The number of nitro groups is 1. The molecule has 5 heteroatoms. The molecule has 1 aliphatic rings. The first kappa shape index (κ1) is 21.7. The van der Waals surface area contributed by atoms with E-state index in [1.165, 1.54) is 42.4 Å². The van der Waals surface area contributed by atoms with Gasteiger partial charge in [-0.25, -0.2) is 4.98 Å². The highest BCUT2D eigenvalue weighted by molar-refractivity contribution is 7.10. The van der Waals surface area contributed by atoms with Crippen LogP contribution in [0.3, 0.4) is 0 Å². The largest absolute Gasteiger partial charge is 0.272 e. The third-order valence-corrected chi connectivity index (χ3v) is 7.11. The molecule has 0 aliphatic heterocycles. The van der Waals surface area contributed by atoms with Gasteiger partial charge >= 0.3 is 0 Å². The number of rotatable bonds is 7. The number of fused-ring (bicyclic) bond motifs is 1.